The van der Waals surface area contributed by atoms with Crippen LogP contribution in [-0.2, 0) is 11.3 Å². The lowest BCUT2D eigenvalue weighted by Gasteiger charge is -2.16. The van der Waals surface area contributed by atoms with Crippen molar-refractivity contribution >= 4 is 17.3 Å². The maximum atomic E-state index is 6.09. The van der Waals surface area contributed by atoms with Crippen LogP contribution in [0, 0.1) is 0 Å². The van der Waals surface area contributed by atoms with E-state index in [1.54, 1.807) is 6.20 Å². The monoisotopic (exact) mass is 318 g/mol. The van der Waals surface area contributed by atoms with Gasteiger partial charge in [0.2, 0.25) is 0 Å². The molecule has 4 nitrogen and oxygen atoms in total. The first kappa shape index (κ1) is 15.1. The number of nitrogens with zero attached hydrogens (tertiary/aromatic N) is 1. The second-order valence-corrected chi connectivity index (χ2v) is 5.74. The molecule has 5 heteroatoms. The highest BCUT2D eigenvalue weighted by atomic mass is 35.5. The highest BCUT2D eigenvalue weighted by Crippen LogP contribution is 2.29. The molecule has 1 aliphatic rings. The van der Waals surface area contributed by atoms with Gasteiger partial charge in [0.1, 0.15) is 12.4 Å². The number of rotatable bonds is 6. The molecule has 2 heterocycles. The Hall–Kier alpha value is -1.78. The van der Waals surface area contributed by atoms with Gasteiger partial charge in [-0.1, -0.05) is 17.7 Å². The van der Waals surface area contributed by atoms with Crippen LogP contribution in [0.15, 0.2) is 42.7 Å². The zero-order valence-corrected chi connectivity index (χ0v) is 13.1. The molecular weight excluding hydrogens is 300 g/mol. The minimum absolute atomic E-state index is 0.196. The van der Waals surface area contributed by atoms with E-state index in [1.165, 1.54) is 0 Å². The van der Waals surface area contributed by atoms with Gasteiger partial charge in [0.25, 0.3) is 0 Å². The summed E-state index contributed by atoms with van der Waals surface area (Å²) in [6.07, 6.45) is 5.97. The SMILES string of the molecule is Clc1ccc(OCC2CCCO2)c(NCc2cccnc2)c1. The molecule has 1 aromatic heterocycles. The van der Waals surface area contributed by atoms with E-state index in [2.05, 4.69) is 10.3 Å². The van der Waals surface area contributed by atoms with Crippen molar-refractivity contribution in [2.24, 2.45) is 0 Å². The summed E-state index contributed by atoms with van der Waals surface area (Å²) in [4.78, 5) is 4.11. The first-order chi connectivity index (χ1) is 10.8. The fourth-order valence-corrected chi connectivity index (χ4v) is 2.60. The van der Waals surface area contributed by atoms with Crippen molar-refractivity contribution in [3.05, 3.63) is 53.3 Å². The first-order valence-corrected chi connectivity index (χ1v) is 7.86. The lowest BCUT2D eigenvalue weighted by molar-refractivity contribution is 0.0682. The fraction of sp³-hybridized carbons (Fsp3) is 0.353. The number of halogens is 1. The number of nitrogens with one attached hydrogen (secondary N) is 1. The maximum Gasteiger partial charge on any atom is 0.142 e. The summed E-state index contributed by atoms with van der Waals surface area (Å²) in [6.45, 7) is 2.08. The molecule has 1 aromatic carbocycles. The van der Waals surface area contributed by atoms with Crippen LogP contribution in [0.4, 0.5) is 5.69 Å². The summed E-state index contributed by atoms with van der Waals surface area (Å²) in [5.41, 5.74) is 1.99. The number of benzene rings is 1. The van der Waals surface area contributed by atoms with E-state index in [1.807, 2.05) is 36.5 Å². The summed E-state index contributed by atoms with van der Waals surface area (Å²) in [5.74, 6) is 0.795. The molecule has 0 spiro atoms. The minimum Gasteiger partial charge on any atom is -0.489 e. The highest BCUT2D eigenvalue weighted by molar-refractivity contribution is 6.30. The van der Waals surface area contributed by atoms with Crippen molar-refractivity contribution in [2.45, 2.75) is 25.5 Å². The number of ether oxygens (including phenoxy) is 2. The quantitative estimate of drug-likeness (QED) is 0.877. The largest absolute Gasteiger partial charge is 0.489 e. The molecule has 0 radical (unpaired) electrons. The van der Waals surface area contributed by atoms with Crippen LogP contribution >= 0.6 is 11.6 Å². The average Bonchev–Trinajstić information content (AvgIpc) is 3.06. The molecule has 2 aromatic rings. The predicted octanol–water partition coefficient (Wildman–Crippen LogP) is 3.90. The van der Waals surface area contributed by atoms with Crippen molar-refractivity contribution in [2.75, 3.05) is 18.5 Å². The Kier molecular flexibility index (Phi) is 5.14. The van der Waals surface area contributed by atoms with Gasteiger partial charge in [-0.2, -0.15) is 0 Å². The smallest absolute Gasteiger partial charge is 0.142 e. The molecule has 0 amide bonds. The predicted molar refractivity (Wildman–Crippen MR) is 87.5 cm³/mol. The molecule has 1 fully saturated rings. The van der Waals surface area contributed by atoms with E-state index < -0.39 is 0 Å². The molecule has 1 N–H and O–H groups in total. The van der Waals surface area contributed by atoms with E-state index in [9.17, 15) is 0 Å². The number of anilines is 1. The van der Waals surface area contributed by atoms with Gasteiger partial charge in [0.05, 0.1) is 11.8 Å². The standard InChI is InChI=1S/C17H19ClN2O2/c18-14-5-6-17(22-12-15-4-2-8-21-15)16(9-14)20-11-13-3-1-7-19-10-13/h1,3,5-7,9-10,15,20H,2,4,8,11-12H2. The molecule has 0 aliphatic carbocycles. The van der Waals surface area contributed by atoms with Crippen LogP contribution in [0.1, 0.15) is 18.4 Å². The molecular formula is C17H19ClN2O2. The second kappa shape index (κ2) is 7.47. The lowest BCUT2D eigenvalue weighted by Crippen LogP contribution is -2.17. The van der Waals surface area contributed by atoms with Gasteiger partial charge in [-0.25, -0.2) is 0 Å². The Morgan fingerprint density at radius 3 is 3.09 bits per heavy atom. The van der Waals surface area contributed by atoms with Crippen molar-refractivity contribution in [3.8, 4) is 5.75 Å². The van der Waals surface area contributed by atoms with Crippen LogP contribution in [0.5, 0.6) is 5.75 Å². The maximum absolute atomic E-state index is 6.09. The summed E-state index contributed by atoms with van der Waals surface area (Å²) in [7, 11) is 0. The average molecular weight is 319 g/mol. The van der Waals surface area contributed by atoms with E-state index >= 15 is 0 Å². The third-order valence-corrected chi connectivity index (χ3v) is 3.83. The number of aromatic nitrogens is 1. The van der Waals surface area contributed by atoms with Crippen molar-refractivity contribution in [1.29, 1.82) is 0 Å². The lowest BCUT2D eigenvalue weighted by atomic mass is 10.2. The van der Waals surface area contributed by atoms with Crippen LogP contribution < -0.4 is 10.1 Å². The molecule has 1 unspecified atom stereocenters. The van der Waals surface area contributed by atoms with Crippen LogP contribution in [-0.4, -0.2) is 24.3 Å². The van der Waals surface area contributed by atoms with Gasteiger partial charge in [0, 0.05) is 30.6 Å². The number of hydrogen-bond acceptors (Lipinski definition) is 4. The zero-order chi connectivity index (χ0) is 15.2. The second-order valence-electron chi connectivity index (χ2n) is 5.30. The topological polar surface area (TPSA) is 43.4 Å². The van der Waals surface area contributed by atoms with Gasteiger partial charge in [-0.15, -0.1) is 0 Å². The van der Waals surface area contributed by atoms with Crippen LogP contribution in [0.3, 0.4) is 0 Å². The summed E-state index contributed by atoms with van der Waals surface area (Å²) < 4.78 is 11.5. The molecule has 1 atom stereocenters. The minimum atomic E-state index is 0.196. The van der Waals surface area contributed by atoms with Crippen LogP contribution in [0.25, 0.3) is 0 Å². The van der Waals surface area contributed by atoms with Crippen LogP contribution in [0.2, 0.25) is 5.02 Å². The Balaban J connectivity index is 1.64. The number of hydrogen-bond donors (Lipinski definition) is 1. The van der Waals surface area contributed by atoms with Crippen molar-refractivity contribution in [1.82, 2.24) is 4.98 Å². The molecule has 0 saturated carbocycles. The van der Waals surface area contributed by atoms with E-state index in [4.69, 9.17) is 21.1 Å². The summed E-state index contributed by atoms with van der Waals surface area (Å²) in [5, 5.41) is 4.03. The summed E-state index contributed by atoms with van der Waals surface area (Å²) in [6, 6.07) is 9.55. The number of pyridine rings is 1. The molecule has 22 heavy (non-hydrogen) atoms. The molecule has 1 aliphatic heterocycles. The molecule has 0 bridgehead atoms. The van der Waals surface area contributed by atoms with E-state index in [0.29, 0.717) is 18.2 Å². The van der Waals surface area contributed by atoms with Gasteiger partial charge in [-0.05, 0) is 42.7 Å². The third-order valence-electron chi connectivity index (χ3n) is 3.60. The van der Waals surface area contributed by atoms with Crippen molar-refractivity contribution in [3.63, 3.8) is 0 Å². The Morgan fingerprint density at radius 1 is 1.36 bits per heavy atom. The van der Waals surface area contributed by atoms with Gasteiger partial charge in [-0.3, -0.25) is 4.98 Å². The Bertz CT molecular complexity index is 601. The van der Waals surface area contributed by atoms with Gasteiger partial charge >= 0.3 is 0 Å². The van der Waals surface area contributed by atoms with E-state index in [-0.39, 0.29) is 6.10 Å². The van der Waals surface area contributed by atoms with Crippen molar-refractivity contribution < 1.29 is 9.47 Å². The Labute approximate surface area is 135 Å². The summed E-state index contributed by atoms with van der Waals surface area (Å²) >= 11 is 6.09. The molecule has 3 rings (SSSR count). The third kappa shape index (κ3) is 4.12. The fourth-order valence-electron chi connectivity index (χ4n) is 2.42. The Morgan fingerprint density at radius 2 is 2.32 bits per heavy atom. The van der Waals surface area contributed by atoms with Gasteiger partial charge in [0.15, 0.2) is 0 Å². The van der Waals surface area contributed by atoms with E-state index in [0.717, 1.165) is 36.4 Å². The van der Waals surface area contributed by atoms with Gasteiger partial charge < -0.3 is 14.8 Å². The molecule has 116 valence electrons. The molecule has 1 saturated heterocycles. The first-order valence-electron chi connectivity index (χ1n) is 7.48. The zero-order valence-electron chi connectivity index (χ0n) is 12.3. The highest BCUT2D eigenvalue weighted by Gasteiger charge is 2.16. The normalized spacial score (nSPS) is 17.4.